The Morgan fingerprint density at radius 2 is 0.827 bits per heavy atom. The van der Waals surface area contributed by atoms with Gasteiger partial charge in [0.05, 0.1) is 0 Å². The summed E-state index contributed by atoms with van der Waals surface area (Å²) >= 11 is 0. The second-order valence-electron chi connectivity index (χ2n) is 13.7. The standard InChI is InChI=1S/C50H30O2/c51-43-28-27-40-34-17-5-4-15-32(34)33-16-6-7-18-35(33)48(40)50(43)49-38-21-10-8-19-36(38)46(37-20-9-11-22-39(37)49)42-23-12-24-44-47(42)41-26-25-31(29-45(41)52-44)30-13-2-1-3-14-30/h1-29,51H. The van der Waals surface area contributed by atoms with Crippen LogP contribution in [0.15, 0.2) is 180 Å². The van der Waals surface area contributed by atoms with Crippen LogP contribution in [-0.2, 0) is 0 Å². The van der Waals surface area contributed by atoms with Crippen molar-refractivity contribution in [1.29, 1.82) is 0 Å². The van der Waals surface area contributed by atoms with E-state index >= 15 is 0 Å². The predicted molar refractivity (Wildman–Crippen MR) is 219 cm³/mol. The quantitative estimate of drug-likeness (QED) is 0.151. The van der Waals surface area contributed by atoms with Gasteiger partial charge in [-0.1, -0.05) is 152 Å². The molecule has 2 nitrogen and oxygen atoms in total. The Kier molecular flexibility index (Phi) is 6.14. The van der Waals surface area contributed by atoms with E-state index in [1.165, 1.54) is 16.2 Å². The maximum absolute atomic E-state index is 12.0. The second kappa shape index (κ2) is 11.1. The average molecular weight is 663 g/mol. The molecule has 242 valence electrons. The summed E-state index contributed by atoms with van der Waals surface area (Å²) in [7, 11) is 0. The van der Waals surface area contributed by atoms with Crippen LogP contribution in [0.2, 0.25) is 0 Å². The summed E-state index contributed by atoms with van der Waals surface area (Å²) < 4.78 is 6.60. The number of rotatable bonds is 3. The van der Waals surface area contributed by atoms with Crippen LogP contribution < -0.4 is 0 Å². The Labute approximate surface area is 299 Å². The zero-order valence-electron chi connectivity index (χ0n) is 28.1. The highest BCUT2D eigenvalue weighted by Crippen LogP contribution is 2.51. The smallest absolute Gasteiger partial charge is 0.136 e. The fourth-order valence-electron chi connectivity index (χ4n) is 8.77. The lowest BCUT2D eigenvalue weighted by Gasteiger charge is -2.21. The molecule has 10 aromatic carbocycles. The predicted octanol–water partition coefficient (Wildman–Crippen LogP) is 14.1. The van der Waals surface area contributed by atoms with Gasteiger partial charge in [-0.25, -0.2) is 0 Å². The number of phenolic OH excluding ortho intramolecular Hbond substituents is 1. The molecule has 0 unspecified atom stereocenters. The summed E-state index contributed by atoms with van der Waals surface area (Å²) in [5.74, 6) is 0.271. The number of phenols is 1. The number of aromatic hydroxyl groups is 1. The first-order valence-corrected chi connectivity index (χ1v) is 17.7. The topological polar surface area (TPSA) is 33.4 Å². The molecule has 0 saturated heterocycles. The van der Waals surface area contributed by atoms with Crippen molar-refractivity contribution in [3.05, 3.63) is 176 Å². The van der Waals surface area contributed by atoms with E-state index in [1.54, 1.807) is 0 Å². The second-order valence-corrected chi connectivity index (χ2v) is 13.7. The molecule has 0 aliphatic rings. The van der Waals surface area contributed by atoms with Crippen molar-refractivity contribution in [2.75, 3.05) is 0 Å². The van der Waals surface area contributed by atoms with Gasteiger partial charge in [-0.3, -0.25) is 0 Å². The van der Waals surface area contributed by atoms with E-state index in [4.69, 9.17) is 4.42 Å². The van der Waals surface area contributed by atoms with E-state index in [2.05, 4.69) is 164 Å². The van der Waals surface area contributed by atoms with Gasteiger partial charge < -0.3 is 9.52 Å². The minimum Gasteiger partial charge on any atom is -0.507 e. The Bertz CT molecular complexity index is 3150. The molecule has 0 bridgehead atoms. The molecule has 0 aliphatic carbocycles. The highest BCUT2D eigenvalue weighted by Gasteiger charge is 2.24. The lowest BCUT2D eigenvalue weighted by Crippen LogP contribution is -1.93. The third kappa shape index (κ3) is 4.06. The molecule has 0 spiro atoms. The van der Waals surface area contributed by atoms with Crippen LogP contribution in [0.25, 0.3) is 109 Å². The summed E-state index contributed by atoms with van der Waals surface area (Å²) in [6, 6.07) is 61.9. The monoisotopic (exact) mass is 662 g/mol. The normalized spacial score (nSPS) is 11.9. The molecule has 0 radical (unpaired) electrons. The molecule has 0 amide bonds. The Hall–Kier alpha value is -6.90. The van der Waals surface area contributed by atoms with Crippen molar-refractivity contribution in [2.24, 2.45) is 0 Å². The molecule has 0 fully saturated rings. The fourth-order valence-corrected chi connectivity index (χ4v) is 8.77. The summed E-state index contributed by atoms with van der Waals surface area (Å²) in [4.78, 5) is 0. The van der Waals surface area contributed by atoms with Crippen LogP contribution in [0.4, 0.5) is 0 Å². The van der Waals surface area contributed by atoms with E-state index in [-0.39, 0.29) is 5.75 Å². The number of furan rings is 1. The van der Waals surface area contributed by atoms with E-state index in [1.807, 2.05) is 12.1 Å². The first-order chi connectivity index (χ1) is 25.7. The van der Waals surface area contributed by atoms with Crippen molar-refractivity contribution in [1.82, 2.24) is 0 Å². The number of fused-ring (bicyclic) bond motifs is 11. The van der Waals surface area contributed by atoms with Crippen LogP contribution >= 0.6 is 0 Å². The molecule has 0 saturated carbocycles. The molecule has 0 aliphatic heterocycles. The summed E-state index contributed by atoms with van der Waals surface area (Å²) in [6.45, 7) is 0. The van der Waals surface area contributed by atoms with Crippen molar-refractivity contribution >= 4 is 75.8 Å². The summed E-state index contributed by atoms with van der Waals surface area (Å²) in [5, 5.41) is 25.5. The van der Waals surface area contributed by atoms with Crippen LogP contribution in [0.3, 0.4) is 0 Å². The molecule has 52 heavy (non-hydrogen) atoms. The summed E-state index contributed by atoms with van der Waals surface area (Å²) in [5.41, 5.74) is 8.20. The Morgan fingerprint density at radius 1 is 0.308 bits per heavy atom. The van der Waals surface area contributed by atoms with Gasteiger partial charge in [0.25, 0.3) is 0 Å². The van der Waals surface area contributed by atoms with Crippen molar-refractivity contribution in [3.63, 3.8) is 0 Å². The van der Waals surface area contributed by atoms with E-state index in [9.17, 15) is 5.11 Å². The van der Waals surface area contributed by atoms with Gasteiger partial charge in [-0.15, -0.1) is 0 Å². The fraction of sp³-hybridized carbons (Fsp3) is 0. The van der Waals surface area contributed by atoms with Crippen LogP contribution in [0.1, 0.15) is 0 Å². The minimum atomic E-state index is 0.271. The summed E-state index contributed by atoms with van der Waals surface area (Å²) in [6.07, 6.45) is 0. The Morgan fingerprint density at radius 3 is 1.48 bits per heavy atom. The largest absolute Gasteiger partial charge is 0.507 e. The number of benzene rings is 10. The molecular weight excluding hydrogens is 633 g/mol. The average Bonchev–Trinajstić information content (AvgIpc) is 3.59. The van der Waals surface area contributed by atoms with E-state index in [0.29, 0.717) is 0 Å². The third-order valence-electron chi connectivity index (χ3n) is 10.9. The van der Waals surface area contributed by atoms with Gasteiger partial charge in [0.1, 0.15) is 16.9 Å². The molecule has 2 heteroatoms. The van der Waals surface area contributed by atoms with Gasteiger partial charge in [0.15, 0.2) is 0 Å². The van der Waals surface area contributed by atoms with Crippen molar-refractivity contribution < 1.29 is 9.52 Å². The van der Waals surface area contributed by atoms with Crippen LogP contribution in [-0.4, -0.2) is 5.11 Å². The van der Waals surface area contributed by atoms with Gasteiger partial charge in [0, 0.05) is 27.3 Å². The number of hydrogen-bond donors (Lipinski definition) is 1. The van der Waals surface area contributed by atoms with Crippen molar-refractivity contribution in [3.8, 4) is 39.1 Å². The molecule has 11 rings (SSSR count). The van der Waals surface area contributed by atoms with E-state index in [0.717, 1.165) is 93.0 Å². The maximum Gasteiger partial charge on any atom is 0.136 e. The van der Waals surface area contributed by atoms with Gasteiger partial charge >= 0.3 is 0 Å². The van der Waals surface area contributed by atoms with Gasteiger partial charge in [-0.05, 0) is 95.0 Å². The van der Waals surface area contributed by atoms with Gasteiger partial charge in [-0.2, -0.15) is 0 Å². The zero-order chi connectivity index (χ0) is 34.3. The lowest BCUT2D eigenvalue weighted by molar-refractivity contribution is 0.478. The molecule has 1 aromatic heterocycles. The van der Waals surface area contributed by atoms with E-state index < -0.39 is 0 Å². The molecular formula is C50H30O2. The molecule has 11 aromatic rings. The maximum atomic E-state index is 12.0. The Balaban J connectivity index is 1.27. The zero-order valence-corrected chi connectivity index (χ0v) is 28.1. The van der Waals surface area contributed by atoms with Gasteiger partial charge in [0.2, 0.25) is 0 Å². The van der Waals surface area contributed by atoms with Crippen molar-refractivity contribution in [2.45, 2.75) is 0 Å². The van der Waals surface area contributed by atoms with Crippen LogP contribution in [0, 0.1) is 0 Å². The lowest BCUT2D eigenvalue weighted by atomic mass is 9.82. The molecule has 1 heterocycles. The highest BCUT2D eigenvalue weighted by atomic mass is 16.3. The minimum absolute atomic E-state index is 0.271. The highest BCUT2D eigenvalue weighted by molar-refractivity contribution is 6.33. The first-order valence-electron chi connectivity index (χ1n) is 17.7. The first kappa shape index (κ1) is 28.9. The molecule has 0 atom stereocenters. The SMILES string of the molecule is Oc1ccc2c3ccccc3c3ccccc3c2c1-c1c2ccccc2c(-c2cccc3oc4cc(-c5ccccc5)ccc4c23)c2ccccc12. The molecule has 1 N–H and O–H groups in total. The number of hydrogen-bond acceptors (Lipinski definition) is 2. The third-order valence-corrected chi connectivity index (χ3v) is 10.9. The van der Waals surface area contributed by atoms with Crippen LogP contribution in [0.5, 0.6) is 5.75 Å².